The monoisotopic (exact) mass is 1460 g/mol. The van der Waals surface area contributed by atoms with E-state index in [1.807, 2.05) is 64.1 Å². The third kappa shape index (κ3) is 17.1. The third-order valence-corrected chi connectivity index (χ3v) is 18.7. The van der Waals surface area contributed by atoms with Crippen LogP contribution in [0.15, 0.2) is 243 Å². The zero-order valence-corrected chi connectivity index (χ0v) is 61.7. The van der Waals surface area contributed by atoms with Crippen molar-refractivity contribution >= 4 is 53.5 Å². The number of hydrogen-bond donors (Lipinski definition) is 0. The van der Waals surface area contributed by atoms with Crippen molar-refractivity contribution in [2.75, 3.05) is 0 Å². The number of ether oxygens (including phenoxy) is 6. The quantitative estimate of drug-likeness (QED) is 0.0265. The van der Waals surface area contributed by atoms with Crippen molar-refractivity contribution in [3.8, 4) is 45.3 Å². The highest BCUT2D eigenvalue weighted by molar-refractivity contribution is 7.55. The molecule has 2 aromatic heterocycles. The Morgan fingerprint density at radius 2 is 0.757 bits per heavy atom. The number of benzene rings is 10. The van der Waals surface area contributed by atoms with Crippen LogP contribution in [0.1, 0.15) is 123 Å². The molecule has 0 radical (unpaired) electrons. The lowest BCUT2D eigenvalue weighted by atomic mass is 9.83. The lowest BCUT2D eigenvalue weighted by molar-refractivity contribution is -0.154. The van der Waals surface area contributed by atoms with Crippen molar-refractivity contribution in [2.24, 2.45) is 0 Å². The number of fused-ring (bicyclic) bond motifs is 2. The molecule has 0 spiro atoms. The Morgan fingerprint density at radius 3 is 1.10 bits per heavy atom. The van der Waals surface area contributed by atoms with E-state index in [-0.39, 0.29) is 49.8 Å². The maximum atomic E-state index is 15.4. The van der Waals surface area contributed by atoms with Gasteiger partial charge in [0.05, 0.1) is 34.4 Å². The summed E-state index contributed by atoms with van der Waals surface area (Å²) >= 11 is 0. The molecule has 0 saturated carbocycles. The fourth-order valence-electron chi connectivity index (χ4n) is 12.5. The van der Waals surface area contributed by atoms with Crippen molar-refractivity contribution in [1.82, 2.24) is 30.0 Å². The molecule has 12 aromatic rings. The molecular formula is C85H81F2N6O13P. The van der Waals surface area contributed by atoms with Gasteiger partial charge in [-0.1, -0.05) is 168 Å². The molecule has 0 aliphatic heterocycles. The van der Waals surface area contributed by atoms with Gasteiger partial charge in [0.2, 0.25) is 0 Å². The summed E-state index contributed by atoms with van der Waals surface area (Å²) in [6.07, 6.45) is -4.12. The fourth-order valence-corrected chi connectivity index (χ4v) is 13.6. The molecule has 0 saturated heterocycles. The Labute approximate surface area is 618 Å². The minimum absolute atomic E-state index is 0.115. The van der Waals surface area contributed by atoms with Crippen LogP contribution in [0.3, 0.4) is 0 Å². The van der Waals surface area contributed by atoms with Crippen molar-refractivity contribution in [2.45, 2.75) is 136 Å². The van der Waals surface area contributed by atoms with Crippen LogP contribution in [-0.2, 0) is 70.2 Å². The fraction of sp³-hybridized carbons (Fsp3) is 0.247. The van der Waals surface area contributed by atoms with Crippen LogP contribution in [0.4, 0.5) is 8.78 Å². The average molecular weight is 1460 g/mol. The number of alkyl halides is 2. The molecule has 0 bridgehead atoms. The number of para-hydroxylation sites is 2. The van der Waals surface area contributed by atoms with Crippen LogP contribution in [0.5, 0.6) is 23.0 Å². The Balaban J connectivity index is 0.793. The van der Waals surface area contributed by atoms with Crippen LogP contribution in [-0.4, -0.2) is 83.4 Å². The van der Waals surface area contributed by atoms with Crippen LogP contribution < -0.4 is 18.5 Å². The van der Waals surface area contributed by atoms with Crippen molar-refractivity contribution in [3.63, 3.8) is 0 Å². The molecule has 2 atom stereocenters. The van der Waals surface area contributed by atoms with E-state index in [0.29, 0.717) is 100 Å². The first-order valence-electron chi connectivity index (χ1n) is 35.0. The summed E-state index contributed by atoms with van der Waals surface area (Å²) in [5.41, 5.74) is 3.46. The second-order valence-electron chi connectivity index (χ2n) is 28.4. The Kier molecular flexibility index (Phi) is 22.0. The molecular weight excluding hydrogens is 1380 g/mol. The largest absolute Gasteiger partial charge is 0.497 e. The maximum absolute atomic E-state index is 15.4. The summed E-state index contributed by atoms with van der Waals surface area (Å²) < 4.78 is 95.7. The molecule has 10 aromatic carbocycles. The predicted octanol–water partition coefficient (Wildman–Crippen LogP) is 18.3. The van der Waals surface area contributed by atoms with Gasteiger partial charge in [-0.25, -0.2) is 33.1 Å². The highest BCUT2D eigenvalue weighted by atomic mass is 31.2. The number of aromatic nitrogens is 6. The minimum atomic E-state index is -5.35. The van der Waals surface area contributed by atoms with Gasteiger partial charge in [-0.2, -0.15) is 8.78 Å². The van der Waals surface area contributed by atoms with Gasteiger partial charge >= 0.3 is 37.6 Å². The molecule has 548 valence electrons. The number of halogens is 2. The molecule has 0 amide bonds. The summed E-state index contributed by atoms with van der Waals surface area (Å²) in [7, 11) is -5.35. The lowest BCUT2D eigenvalue weighted by Gasteiger charge is -2.33. The first-order chi connectivity index (χ1) is 51.2. The average Bonchev–Trinajstić information content (AvgIpc) is 1.70. The number of carbonyl (C=O) groups is 4. The zero-order valence-electron chi connectivity index (χ0n) is 60.8. The third-order valence-electron chi connectivity index (χ3n) is 17.3. The minimum Gasteiger partial charge on any atom is -0.491 e. The topological polar surface area (TPSA) is 221 Å². The van der Waals surface area contributed by atoms with Crippen molar-refractivity contribution in [1.29, 1.82) is 0 Å². The van der Waals surface area contributed by atoms with Crippen LogP contribution in [0.2, 0.25) is 0 Å². The maximum Gasteiger partial charge on any atom is 0.497 e. The van der Waals surface area contributed by atoms with E-state index in [0.717, 1.165) is 0 Å². The zero-order chi connectivity index (χ0) is 75.8. The molecule has 2 unspecified atom stereocenters. The number of hydrogen-bond acceptors (Lipinski definition) is 17. The standard InChI is InChI=1S/C85H81F2N6O13P/c1-55(2)101-67-45-47-69(77(94)103-82(5,6)7)71(49-67)61-37-29-59(30-38-61)53-99-79(96)84(63-21-13-11-14-22-63,92-75-27-19-17-25-73(75)88-90-92)51-57-33-41-65(42-34-57)105-107(98,81(86)87)106-66-43-35-58(36-44-66)52-85(64-23-15-12-16-24-64,93-76-28-20-18-26-74(76)89-91-93)80(97)100-54-60-31-39-62(40-32-60)72-50-68(102-56(3)4)46-48-70(72)78(95)104-83(8,9)10/h11-50,55-56,81H,51-54H2,1-10H3. The summed E-state index contributed by atoms with van der Waals surface area (Å²) in [6, 6.07) is 68.7. The van der Waals surface area contributed by atoms with Gasteiger partial charge in [0, 0.05) is 12.8 Å². The van der Waals surface area contributed by atoms with Gasteiger partial charge in [0.15, 0.2) is 11.1 Å². The van der Waals surface area contributed by atoms with E-state index >= 15 is 18.4 Å². The van der Waals surface area contributed by atoms with Crippen molar-refractivity contribution in [3.05, 3.63) is 287 Å². The van der Waals surface area contributed by atoms with E-state index in [1.165, 1.54) is 33.6 Å². The number of nitrogens with zero attached hydrogens (tertiary/aromatic N) is 6. The lowest BCUT2D eigenvalue weighted by Crippen LogP contribution is -2.47. The van der Waals surface area contributed by atoms with E-state index in [1.54, 1.807) is 224 Å². The first kappa shape index (κ1) is 74.9. The second kappa shape index (κ2) is 31.5. The SMILES string of the molecule is CC(C)Oc1ccc(C(=O)OC(C)(C)C)c(-c2ccc(COC(=O)C(Cc3ccc(OP(=O)(Oc4ccc(CC(C(=O)OCc5ccc(-c6cc(OC(C)C)ccc6C(=O)OC(C)(C)C)cc5)(c5ccccc5)n5nnc6ccccc65)cc4)C(F)F)cc3)(c3ccccc3)n3nnc4ccccc43)cc2)c1. The molecule has 0 aliphatic carbocycles. The molecule has 107 heavy (non-hydrogen) atoms. The smallest absolute Gasteiger partial charge is 0.491 e. The predicted molar refractivity (Wildman–Crippen MR) is 402 cm³/mol. The number of carbonyl (C=O) groups excluding carboxylic acids is 4. The summed E-state index contributed by atoms with van der Waals surface area (Å²) in [5.74, 6) is -1.74. The first-order valence-corrected chi connectivity index (χ1v) is 36.6. The van der Waals surface area contributed by atoms with E-state index in [4.69, 9.17) is 37.5 Å². The summed E-state index contributed by atoms with van der Waals surface area (Å²) in [5, 5.41) is 18.1. The van der Waals surface area contributed by atoms with Gasteiger partial charge in [-0.15, -0.1) is 10.2 Å². The highest BCUT2D eigenvalue weighted by Gasteiger charge is 2.49. The van der Waals surface area contributed by atoms with Crippen LogP contribution >= 0.6 is 7.60 Å². The molecule has 0 fully saturated rings. The van der Waals surface area contributed by atoms with E-state index < -0.39 is 59.9 Å². The molecule has 19 nitrogen and oxygen atoms in total. The van der Waals surface area contributed by atoms with Gasteiger partial charge in [0.25, 0.3) is 0 Å². The number of esters is 4. The second-order valence-corrected chi connectivity index (χ2v) is 30.2. The molecule has 0 N–H and O–H groups in total. The van der Waals surface area contributed by atoms with Gasteiger partial charge in [0.1, 0.15) is 58.4 Å². The molecule has 22 heteroatoms. The van der Waals surface area contributed by atoms with E-state index in [2.05, 4.69) is 20.6 Å². The summed E-state index contributed by atoms with van der Waals surface area (Å²) in [6.45, 7) is 18.1. The summed E-state index contributed by atoms with van der Waals surface area (Å²) in [4.78, 5) is 58.0. The van der Waals surface area contributed by atoms with E-state index in [9.17, 15) is 14.2 Å². The molecule has 2 heterocycles. The van der Waals surface area contributed by atoms with Gasteiger partial charge in [-0.3, -0.25) is 0 Å². The van der Waals surface area contributed by atoms with Crippen molar-refractivity contribution < 1.29 is 70.0 Å². The van der Waals surface area contributed by atoms with Crippen LogP contribution in [0.25, 0.3) is 44.3 Å². The van der Waals surface area contributed by atoms with Crippen LogP contribution in [0, 0.1) is 0 Å². The Morgan fingerprint density at radius 1 is 0.421 bits per heavy atom. The molecule has 12 rings (SSSR count). The van der Waals surface area contributed by atoms with Gasteiger partial charge in [-0.05, 0) is 210 Å². The Hall–Kier alpha value is -11.8. The highest BCUT2D eigenvalue weighted by Crippen LogP contribution is 2.54. The normalized spacial score (nSPS) is 13.5. The number of rotatable bonds is 27. The Bertz CT molecular complexity index is 4880. The molecule has 0 aliphatic rings. The van der Waals surface area contributed by atoms with Gasteiger partial charge < -0.3 is 37.5 Å².